The molecule has 2 nitrogen and oxygen atoms in total. The summed E-state index contributed by atoms with van der Waals surface area (Å²) in [6.45, 7) is 2.58. The summed E-state index contributed by atoms with van der Waals surface area (Å²) in [6.07, 6.45) is 0. The van der Waals surface area contributed by atoms with Crippen LogP contribution in [0.15, 0.2) is 48.5 Å². The third kappa shape index (κ3) is 2.79. The first-order chi connectivity index (χ1) is 9.74. The highest BCUT2D eigenvalue weighted by Crippen LogP contribution is 2.29. The van der Waals surface area contributed by atoms with Gasteiger partial charge in [-0.3, -0.25) is 0 Å². The molecule has 3 rings (SSSR count). The van der Waals surface area contributed by atoms with Gasteiger partial charge in [-0.2, -0.15) is 0 Å². The smallest absolute Gasteiger partial charge is 0.124 e. The second-order valence-corrected chi connectivity index (χ2v) is 5.37. The number of piperazine rings is 1. The molecule has 0 aromatic heterocycles. The van der Waals surface area contributed by atoms with E-state index in [-0.39, 0.29) is 11.9 Å². The quantitative estimate of drug-likeness (QED) is 0.908. The van der Waals surface area contributed by atoms with Gasteiger partial charge in [0.1, 0.15) is 5.82 Å². The van der Waals surface area contributed by atoms with E-state index in [0.29, 0.717) is 5.02 Å². The van der Waals surface area contributed by atoms with Crippen LogP contribution in [-0.4, -0.2) is 19.6 Å². The summed E-state index contributed by atoms with van der Waals surface area (Å²) >= 11 is 6.15. The highest BCUT2D eigenvalue weighted by atomic mass is 35.5. The van der Waals surface area contributed by atoms with Crippen molar-refractivity contribution in [3.63, 3.8) is 0 Å². The number of hydrogen-bond donors (Lipinski definition) is 1. The molecule has 1 N–H and O–H groups in total. The summed E-state index contributed by atoms with van der Waals surface area (Å²) < 4.78 is 13.1. The maximum Gasteiger partial charge on any atom is 0.124 e. The van der Waals surface area contributed by atoms with E-state index in [1.54, 1.807) is 6.07 Å². The summed E-state index contributed by atoms with van der Waals surface area (Å²) in [5, 5.41) is 3.98. The zero-order chi connectivity index (χ0) is 13.9. The van der Waals surface area contributed by atoms with E-state index in [2.05, 4.69) is 22.3 Å². The van der Waals surface area contributed by atoms with Gasteiger partial charge in [0, 0.05) is 25.7 Å². The number of hydrogen-bond acceptors (Lipinski definition) is 2. The summed E-state index contributed by atoms with van der Waals surface area (Å²) in [7, 11) is 0. The Hall–Kier alpha value is -1.58. The van der Waals surface area contributed by atoms with Crippen molar-refractivity contribution in [1.82, 2.24) is 5.32 Å². The van der Waals surface area contributed by atoms with Gasteiger partial charge in [0.2, 0.25) is 0 Å². The number of benzene rings is 2. The molecule has 4 heteroatoms. The molecule has 1 aliphatic rings. The van der Waals surface area contributed by atoms with E-state index in [9.17, 15) is 4.39 Å². The van der Waals surface area contributed by atoms with Crippen LogP contribution in [0, 0.1) is 5.82 Å². The fraction of sp³-hybridized carbons (Fsp3) is 0.250. The highest BCUT2D eigenvalue weighted by Gasteiger charge is 2.22. The third-order valence-electron chi connectivity index (χ3n) is 3.63. The molecule has 1 atom stereocenters. The second-order valence-electron chi connectivity index (χ2n) is 4.96. The minimum absolute atomic E-state index is 0.270. The van der Waals surface area contributed by atoms with E-state index in [0.717, 1.165) is 25.3 Å². The average Bonchev–Trinajstić information content (AvgIpc) is 2.48. The Morgan fingerprint density at radius 2 is 1.95 bits per heavy atom. The van der Waals surface area contributed by atoms with Crippen molar-refractivity contribution in [3.8, 4) is 0 Å². The van der Waals surface area contributed by atoms with Gasteiger partial charge in [-0.1, -0.05) is 41.9 Å². The zero-order valence-corrected chi connectivity index (χ0v) is 11.8. The number of anilines is 1. The predicted octanol–water partition coefficient (Wildman–Crippen LogP) is 3.63. The molecule has 0 bridgehead atoms. The molecule has 1 fully saturated rings. The van der Waals surface area contributed by atoms with Gasteiger partial charge in [0.05, 0.1) is 10.7 Å². The molecular formula is C16H16ClFN2. The topological polar surface area (TPSA) is 15.3 Å². The van der Waals surface area contributed by atoms with Crippen LogP contribution in [0.2, 0.25) is 5.02 Å². The number of halogens is 2. The van der Waals surface area contributed by atoms with Crippen molar-refractivity contribution in [2.45, 2.75) is 6.04 Å². The van der Waals surface area contributed by atoms with Gasteiger partial charge in [-0.05, 0) is 23.8 Å². The molecule has 0 aliphatic carbocycles. The van der Waals surface area contributed by atoms with Gasteiger partial charge in [-0.15, -0.1) is 0 Å². The first-order valence-corrected chi connectivity index (χ1v) is 7.10. The highest BCUT2D eigenvalue weighted by molar-refractivity contribution is 6.33. The Balaban J connectivity index is 1.81. The molecule has 0 spiro atoms. The Labute approximate surface area is 123 Å². The van der Waals surface area contributed by atoms with Crippen molar-refractivity contribution in [1.29, 1.82) is 0 Å². The summed E-state index contributed by atoms with van der Waals surface area (Å²) in [5.41, 5.74) is 2.16. The Kier molecular flexibility index (Phi) is 3.90. The van der Waals surface area contributed by atoms with Crippen LogP contribution in [0.1, 0.15) is 11.6 Å². The van der Waals surface area contributed by atoms with Crippen LogP contribution in [0.5, 0.6) is 0 Å². The zero-order valence-electron chi connectivity index (χ0n) is 11.0. The fourth-order valence-corrected chi connectivity index (χ4v) is 2.90. The Morgan fingerprint density at radius 3 is 2.70 bits per heavy atom. The Bertz CT molecular complexity index is 588. The minimum Gasteiger partial charge on any atom is -0.367 e. The van der Waals surface area contributed by atoms with Crippen molar-refractivity contribution >= 4 is 17.3 Å². The largest absolute Gasteiger partial charge is 0.367 e. The second kappa shape index (κ2) is 5.81. The molecule has 0 saturated carbocycles. The van der Waals surface area contributed by atoms with E-state index in [1.807, 2.05) is 18.2 Å². The molecule has 1 saturated heterocycles. The lowest BCUT2D eigenvalue weighted by Crippen LogP contribution is -2.46. The molecule has 0 amide bonds. The van der Waals surface area contributed by atoms with E-state index in [4.69, 9.17) is 11.6 Å². The molecular weight excluding hydrogens is 275 g/mol. The number of nitrogens with zero attached hydrogens (tertiary/aromatic N) is 1. The SMILES string of the molecule is Fc1ccc(N2CCNC(c3ccccc3)C2)c(Cl)c1. The summed E-state index contributed by atoms with van der Waals surface area (Å²) in [4.78, 5) is 2.20. The molecule has 2 aromatic rings. The summed E-state index contributed by atoms with van der Waals surface area (Å²) in [5.74, 6) is -0.298. The maximum atomic E-state index is 13.1. The van der Waals surface area contributed by atoms with Crippen LogP contribution >= 0.6 is 11.6 Å². The molecule has 2 aromatic carbocycles. The Morgan fingerprint density at radius 1 is 1.15 bits per heavy atom. The van der Waals surface area contributed by atoms with Crippen LogP contribution < -0.4 is 10.2 Å². The van der Waals surface area contributed by atoms with Crippen molar-refractivity contribution in [3.05, 3.63) is 64.9 Å². The lowest BCUT2D eigenvalue weighted by molar-refractivity contribution is 0.472. The summed E-state index contributed by atoms with van der Waals surface area (Å²) in [6, 6.07) is 15.2. The predicted molar refractivity (Wildman–Crippen MR) is 80.8 cm³/mol. The van der Waals surface area contributed by atoms with Crippen molar-refractivity contribution < 1.29 is 4.39 Å². The van der Waals surface area contributed by atoms with Crippen molar-refractivity contribution in [2.75, 3.05) is 24.5 Å². The van der Waals surface area contributed by atoms with Gasteiger partial charge in [0.15, 0.2) is 0 Å². The third-order valence-corrected chi connectivity index (χ3v) is 3.93. The lowest BCUT2D eigenvalue weighted by Gasteiger charge is -2.36. The van der Waals surface area contributed by atoms with Crippen molar-refractivity contribution in [2.24, 2.45) is 0 Å². The van der Waals surface area contributed by atoms with Crippen LogP contribution in [0.4, 0.5) is 10.1 Å². The van der Waals surface area contributed by atoms with Crippen LogP contribution in [0.3, 0.4) is 0 Å². The standard InChI is InChI=1S/C16H16ClFN2/c17-14-10-13(18)6-7-16(14)20-9-8-19-15(11-20)12-4-2-1-3-5-12/h1-7,10,15,19H,8-9,11H2. The van der Waals surface area contributed by atoms with E-state index >= 15 is 0 Å². The normalized spacial score (nSPS) is 19.1. The van der Waals surface area contributed by atoms with Gasteiger partial charge < -0.3 is 10.2 Å². The average molecular weight is 291 g/mol. The first-order valence-electron chi connectivity index (χ1n) is 6.72. The van der Waals surface area contributed by atoms with E-state index in [1.165, 1.54) is 17.7 Å². The maximum absolute atomic E-state index is 13.1. The molecule has 0 radical (unpaired) electrons. The number of nitrogens with one attached hydrogen (secondary N) is 1. The fourth-order valence-electron chi connectivity index (χ4n) is 2.62. The minimum atomic E-state index is -0.298. The van der Waals surface area contributed by atoms with Gasteiger partial charge >= 0.3 is 0 Å². The van der Waals surface area contributed by atoms with Gasteiger partial charge in [0.25, 0.3) is 0 Å². The first kappa shape index (κ1) is 13.4. The monoisotopic (exact) mass is 290 g/mol. The molecule has 1 heterocycles. The number of rotatable bonds is 2. The van der Waals surface area contributed by atoms with Gasteiger partial charge in [-0.25, -0.2) is 4.39 Å². The van der Waals surface area contributed by atoms with E-state index < -0.39 is 0 Å². The molecule has 1 aliphatic heterocycles. The lowest BCUT2D eigenvalue weighted by atomic mass is 10.0. The molecule has 104 valence electrons. The molecule has 1 unspecified atom stereocenters. The van der Waals surface area contributed by atoms with Crippen LogP contribution in [0.25, 0.3) is 0 Å². The van der Waals surface area contributed by atoms with Crippen LogP contribution in [-0.2, 0) is 0 Å². The molecule has 20 heavy (non-hydrogen) atoms.